The highest BCUT2D eigenvalue weighted by Gasteiger charge is 2.38. The number of thiazole rings is 1. The number of anilines is 1. The van der Waals surface area contributed by atoms with Crippen LogP contribution in [0.1, 0.15) is 65.7 Å². The average molecular weight is 602 g/mol. The number of nitrogens with zero attached hydrogens (tertiary/aromatic N) is 3. The molecule has 3 atom stereocenters. The van der Waals surface area contributed by atoms with E-state index in [-0.39, 0.29) is 30.8 Å². The highest BCUT2D eigenvalue weighted by atomic mass is 32.2. The van der Waals surface area contributed by atoms with Gasteiger partial charge in [-0.3, -0.25) is 29.3 Å². The van der Waals surface area contributed by atoms with Crippen molar-refractivity contribution < 1.29 is 28.0 Å². The molecule has 0 bridgehead atoms. The molecule has 6 N–H and O–H groups in total. The molecule has 1 saturated carbocycles. The second kappa shape index (κ2) is 15.9. The van der Waals surface area contributed by atoms with Gasteiger partial charge in [0.1, 0.15) is 6.04 Å². The van der Waals surface area contributed by atoms with E-state index in [9.17, 15) is 28.0 Å². The number of sulfonamides is 1. The van der Waals surface area contributed by atoms with Crippen LogP contribution >= 0.6 is 11.3 Å². The largest absolute Gasteiger partial charge is 0.369 e. The molecule has 0 aliphatic heterocycles. The molecule has 1 aliphatic carbocycles. The van der Waals surface area contributed by atoms with Crippen LogP contribution in [0.2, 0.25) is 0 Å². The van der Waals surface area contributed by atoms with Gasteiger partial charge in [0.15, 0.2) is 5.13 Å². The van der Waals surface area contributed by atoms with Gasteiger partial charge in [-0.25, -0.2) is 18.5 Å². The maximum atomic E-state index is 13.8. The van der Waals surface area contributed by atoms with Crippen molar-refractivity contribution in [2.24, 2.45) is 34.4 Å². The van der Waals surface area contributed by atoms with Crippen LogP contribution in [0.5, 0.6) is 0 Å². The van der Waals surface area contributed by atoms with Gasteiger partial charge in [0.2, 0.25) is 34.2 Å². The van der Waals surface area contributed by atoms with E-state index in [1.807, 2.05) is 13.8 Å². The van der Waals surface area contributed by atoms with Crippen LogP contribution in [-0.2, 0) is 24.4 Å². The Morgan fingerprint density at radius 3 is 2.50 bits per heavy atom. The SMILES string of the molecule is CC1CCC(C[C@@H](C(=O)N[C@@H](CCCN=C(N)NS(C)(=O)=O)C(=O)Nc2nccs2)[C@H](C(C)C)N(O)C=O)CC1. The normalized spacial score (nSPS) is 20.3. The minimum atomic E-state index is -3.57. The fraction of sp³-hybridized carbons (Fsp3) is 0.720. The van der Waals surface area contributed by atoms with E-state index in [1.54, 1.807) is 11.6 Å². The third kappa shape index (κ3) is 11.4. The number of nitrogens with two attached hydrogens (primary N) is 1. The van der Waals surface area contributed by atoms with E-state index in [0.717, 1.165) is 31.9 Å². The Kier molecular flexibility index (Phi) is 13.3. The zero-order valence-corrected chi connectivity index (χ0v) is 25.2. The van der Waals surface area contributed by atoms with Gasteiger partial charge in [-0.2, -0.15) is 0 Å². The predicted octanol–water partition coefficient (Wildman–Crippen LogP) is 1.92. The second-order valence-electron chi connectivity index (χ2n) is 10.9. The maximum Gasteiger partial charge on any atom is 0.248 e. The Bertz CT molecular complexity index is 1090. The summed E-state index contributed by atoms with van der Waals surface area (Å²) < 4.78 is 24.7. The molecule has 0 saturated heterocycles. The monoisotopic (exact) mass is 601 g/mol. The fourth-order valence-electron chi connectivity index (χ4n) is 5.09. The van der Waals surface area contributed by atoms with E-state index in [0.29, 0.717) is 35.4 Å². The summed E-state index contributed by atoms with van der Waals surface area (Å²) in [6.07, 6.45) is 7.79. The van der Waals surface area contributed by atoms with Crippen molar-refractivity contribution in [3.05, 3.63) is 11.6 Å². The van der Waals surface area contributed by atoms with Crippen molar-refractivity contribution >= 4 is 50.7 Å². The number of nitrogens with one attached hydrogen (secondary N) is 3. The van der Waals surface area contributed by atoms with Gasteiger partial charge < -0.3 is 16.4 Å². The smallest absolute Gasteiger partial charge is 0.248 e. The highest BCUT2D eigenvalue weighted by molar-refractivity contribution is 7.89. The molecule has 0 unspecified atom stereocenters. The number of guanidine groups is 1. The number of hydrogen-bond acceptors (Lipinski definition) is 9. The lowest BCUT2D eigenvalue weighted by Crippen LogP contribution is -2.53. The summed E-state index contributed by atoms with van der Waals surface area (Å²) in [5, 5.41) is 18.6. The van der Waals surface area contributed by atoms with Crippen LogP contribution in [0.3, 0.4) is 0 Å². The molecule has 40 heavy (non-hydrogen) atoms. The van der Waals surface area contributed by atoms with Crippen molar-refractivity contribution in [1.82, 2.24) is 20.1 Å². The Balaban J connectivity index is 2.22. The van der Waals surface area contributed by atoms with Gasteiger partial charge in [0.05, 0.1) is 18.2 Å². The van der Waals surface area contributed by atoms with Gasteiger partial charge >= 0.3 is 0 Å². The third-order valence-electron chi connectivity index (χ3n) is 7.09. The molecule has 1 aromatic heterocycles. The lowest BCUT2D eigenvalue weighted by Gasteiger charge is -2.37. The summed E-state index contributed by atoms with van der Waals surface area (Å²) in [4.78, 5) is 46.5. The predicted molar refractivity (Wildman–Crippen MR) is 154 cm³/mol. The minimum absolute atomic E-state index is 0.110. The number of aliphatic imine (C=N–C) groups is 1. The molecule has 15 heteroatoms. The number of amides is 3. The van der Waals surface area contributed by atoms with E-state index in [4.69, 9.17) is 5.73 Å². The highest BCUT2D eigenvalue weighted by Crippen LogP contribution is 2.35. The Morgan fingerprint density at radius 1 is 1.27 bits per heavy atom. The van der Waals surface area contributed by atoms with E-state index in [2.05, 4.69) is 32.3 Å². The van der Waals surface area contributed by atoms with Crippen molar-refractivity contribution in [3.8, 4) is 0 Å². The molecule has 1 heterocycles. The summed E-state index contributed by atoms with van der Waals surface area (Å²) in [6, 6.07) is -1.74. The van der Waals surface area contributed by atoms with Crippen LogP contribution in [0, 0.1) is 23.7 Å². The molecular weight excluding hydrogens is 558 g/mol. The molecule has 0 aromatic carbocycles. The summed E-state index contributed by atoms with van der Waals surface area (Å²) in [6.45, 7) is 5.99. The van der Waals surface area contributed by atoms with Gasteiger partial charge in [0, 0.05) is 18.1 Å². The molecule has 13 nitrogen and oxygen atoms in total. The lowest BCUT2D eigenvalue weighted by atomic mass is 9.75. The topological polar surface area (TPSA) is 196 Å². The summed E-state index contributed by atoms with van der Waals surface area (Å²) in [5.74, 6) is -1.26. The van der Waals surface area contributed by atoms with Gasteiger partial charge in [-0.05, 0) is 37.0 Å². The number of carbonyl (C=O) groups is 3. The first kappa shape index (κ1) is 33.4. The Morgan fingerprint density at radius 2 is 1.95 bits per heavy atom. The number of rotatable bonds is 15. The minimum Gasteiger partial charge on any atom is -0.369 e. The van der Waals surface area contributed by atoms with Crippen LogP contribution < -0.4 is 21.1 Å². The third-order valence-corrected chi connectivity index (χ3v) is 8.36. The molecule has 0 radical (unpaired) electrons. The van der Waals surface area contributed by atoms with Gasteiger partial charge in [-0.1, -0.05) is 46.5 Å². The summed E-state index contributed by atoms with van der Waals surface area (Å²) in [7, 11) is -3.57. The molecule has 1 aromatic rings. The Hall–Kier alpha value is -2.78. The number of hydroxylamine groups is 2. The molecule has 0 spiro atoms. The van der Waals surface area contributed by atoms with Crippen molar-refractivity contribution in [2.75, 3.05) is 18.1 Å². The van der Waals surface area contributed by atoms with Gasteiger partial charge in [0.25, 0.3) is 0 Å². The molecular formula is C25H43N7O6S2. The quantitative estimate of drug-likeness (QED) is 0.0502. The van der Waals surface area contributed by atoms with Crippen molar-refractivity contribution in [3.63, 3.8) is 0 Å². The molecule has 226 valence electrons. The molecule has 1 aliphatic rings. The maximum absolute atomic E-state index is 13.8. The van der Waals surface area contributed by atoms with Crippen molar-refractivity contribution in [2.45, 2.75) is 77.8 Å². The fourth-order valence-corrected chi connectivity index (χ4v) is 6.07. The zero-order chi connectivity index (χ0) is 29.9. The lowest BCUT2D eigenvalue weighted by molar-refractivity contribution is -0.174. The first-order valence-electron chi connectivity index (χ1n) is 13.5. The number of carbonyl (C=O) groups excluding carboxylic acids is 3. The van der Waals surface area contributed by atoms with Crippen LogP contribution in [0.15, 0.2) is 16.6 Å². The molecule has 2 rings (SSSR count). The first-order valence-corrected chi connectivity index (χ1v) is 16.3. The second-order valence-corrected chi connectivity index (χ2v) is 13.5. The number of aromatic nitrogens is 1. The average Bonchev–Trinajstić information content (AvgIpc) is 3.38. The summed E-state index contributed by atoms with van der Waals surface area (Å²) in [5.41, 5.74) is 5.59. The number of hydrogen-bond donors (Lipinski definition) is 5. The van der Waals surface area contributed by atoms with Crippen LogP contribution in [0.25, 0.3) is 0 Å². The van der Waals surface area contributed by atoms with Gasteiger partial charge in [-0.15, -0.1) is 11.3 Å². The standard InChI is InChI=1S/C25H43N7O6S2/c1-16(2)21(32(36)15-33)19(14-18-9-7-17(3)8-10-18)22(34)29-20(23(35)30-25-28-12-13-39-25)6-5-11-27-24(26)31-40(4,37)38/h12-13,15-21,36H,5-11,14H2,1-4H3,(H,29,34)(H3,26,27,31)(H,28,30,35)/t17?,18?,19-,20+,21+/m1/s1. The van der Waals surface area contributed by atoms with E-state index < -0.39 is 39.8 Å². The van der Waals surface area contributed by atoms with Crippen LogP contribution in [-0.4, -0.2) is 72.7 Å². The zero-order valence-electron chi connectivity index (χ0n) is 23.6. The summed E-state index contributed by atoms with van der Waals surface area (Å²) >= 11 is 1.23. The van der Waals surface area contributed by atoms with Crippen molar-refractivity contribution in [1.29, 1.82) is 0 Å². The molecule has 3 amide bonds. The first-order chi connectivity index (χ1) is 18.8. The van der Waals surface area contributed by atoms with E-state index in [1.165, 1.54) is 11.3 Å². The van der Waals surface area contributed by atoms with E-state index >= 15 is 0 Å². The molecule has 1 fully saturated rings. The van der Waals surface area contributed by atoms with Crippen LogP contribution in [0.4, 0.5) is 5.13 Å². The Labute approximate surface area is 240 Å².